The third-order valence-electron chi connectivity index (χ3n) is 2.65. The van der Waals surface area contributed by atoms with Crippen LogP contribution in [0.15, 0.2) is 24.3 Å². The van der Waals surface area contributed by atoms with Gasteiger partial charge in [0.25, 0.3) is 0 Å². The highest BCUT2D eigenvalue weighted by Gasteiger charge is 2.18. The smallest absolute Gasteiger partial charge is 0.306 e. The van der Waals surface area contributed by atoms with Gasteiger partial charge in [-0.15, -0.1) is 12.3 Å². The van der Waals surface area contributed by atoms with Crippen LogP contribution in [-0.2, 0) is 11.2 Å². The third-order valence-corrected chi connectivity index (χ3v) is 3.02. The number of halogens is 1. The second-order valence-corrected chi connectivity index (χ2v) is 4.33. The first-order valence-corrected chi connectivity index (χ1v) is 5.92. The van der Waals surface area contributed by atoms with Crippen LogP contribution in [0.5, 0.6) is 0 Å². The Balaban J connectivity index is 2.64. The van der Waals surface area contributed by atoms with Gasteiger partial charge in [-0.05, 0) is 30.9 Å². The fourth-order valence-electron chi connectivity index (χ4n) is 1.69. The van der Waals surface area contributed by atoms with Crippen LogP contribution in [0.4, 0.5) is 0 Å². The van der Waals surface area contributed by atoms with Crippen LogP contribution >= 0.6 is 11.6 Å². The van der Waals surface area contributed by atoms with Gasteiger partial charge in [0.05, 0.1) is 5.92 Å². The summed E-state index contributed by atoms with van der Waals surface area (Å²) in [5.74, 6) is 1.31. The summed E-state index contributed by atoms with van der Waals surface area (Å²) in [6.07, 6.45) is 7.55. The molecule has 0 bridgehead atoms. The maximum Gasteiger partial charge on any atom is 0.306 e. The van der Waals surface area contributed by atoms with Crippen molar-refractivity contribution in [1.29, 1.82) is 0 Å². The molecule has 1 aromatic rings. The molecule has 1 aromatic carbocycles. The molecule has 0 amide bonds. The van der Waals surface area contributed by atoms with Gasteiger partial charge in [0.15, 0.2) is 0 Å². The van der Waals surface area contributed by atoms with Gasteiger partial charge >= 0.3 is 5.97 Å². The molecule has 1 N–H and O–H groups in total. The topological polar surface area (TPSA) is 37.3 Å². The van der Waals surface area contributed by atoms with Crippen molar-refractivity contribution in [3.63, 3.8) is 0 Å². The van der Waals surface area contributed by atoms with Gasteiger partial charge in [-0.3, -0.25) is 4.79 Å². The average molecular weight is 251 g/mol. The van der Waals surface area contributed by atoms with Crippen LogP contribution in [0.1, 0.15) is 24.8 Å². The molecule has 0 aliphatic rings. The summed E-state index contributed by atoms with van der Waals surface area (Å²) < 4.78 is 0. The zero-order valence-corrected chi connectivity index (χ0v) is 10.3. The molecule has 1 rings (SSSR count). The predicted octanol–water partition coefficient (Wildman–Crippen LogP) is 3.39. The lowest BCUT2D eigenvalue weighted by molar-refractivity contribution is -0.141. The van der Waals surface area contributed by atoms with Gasteiger partial charge < -0.3 is 5.11 Å². The Morgan fingerprint density at radius 2 is 2.18 bits per heavy atom. The largest absolute Gasteiger partial charge is 0.481 e. The molecule has 2 nitrogen and oxygen atoms in total. The molecular formula is C14H15ClO2. The van der Waals surface area contributed by atoms with E-state index in [4.69, 9.17) is 23.1 Å². The van der Waals surface area contributed by atoms with Crippen molar-refractivity contribution in [2.75, 3.05) is 0 Å². The van der Waals surface area contributed by atoms with E-state index in [-0.39, 0.29) is 0 Å². The summed E-state index contributed by atoms with van der Waals surface area (Å²) in [5.41, 5.74) is 0.877. The van der Waals surface area contributed by atoms with Crippen molar-refractivity contribution in [3.8, 4) is 12.3 Å². The van der Waals surface area contributed by atoms with Gasteiger partial charge in [0.2, 0.25) is 0 Å². The van der Waals surface area contributed by atoms with Crippen molar-refractivity contribution >= 4 is 17.6 Å². The van der Waals surface area contributed by atoms with Gasteiger partial charge in [-0.25, -0.2) is 0 Å². The number of carboxylic acid groups (broad SMARTS) is 1. The van der Waals surface area contributed by atoms with Gasteiger partial charge in [-0.2, -0.15) is 0 Å². The molecule has 0 heterocycles. The molecule has 0 aliphatic heterocycles. The number of carbonyl (C=O) groups is 1. The number of rotatable bonds is 6. The minimum atomic E-state index is -0.790. The van der Waals surface area contributed by atoms with Crippen molar-refractivity contribution in [2.45, 2.75) is 25.7 Å². The Morgan fingerprint density at radius 3 is 2.76 bits per heavy atom. The summed E-state index contributed by atoms with van der Waals surface area (Å²) in [6, 6.07) is 7.33. The molecule has 1 unspecified atom stereocenters. The van der Waals surface area contributed by atoms with E-state index >= 15 is 0 Å². The molecule has 0 spiro atoms. The van der Waals surface area contributed by atoms with Crippen LogP contribution < -0.4 is 0 Å². The Morgan fingerprint density at radius 1 is 1.47 bits per heavy atom. The van der Waals surface area contributed by atoms with E-state index in [1.165, 1.54) is 0 Å². The first-order valence-electron chi connectivity index (χ1n) is 5.55. The SMILES string of the molecule is C#CCCCC(Cc1ccccc1Cl)C(=O)O. The summed E-state index contributed by atoms with van der Waals surface area (Å²) in [4.78, 5) is 11.1. The van der Waals surface area contributed by atoms with E-state index in [1.807, 2.05) is 18.2 Å². The monoisotopic (exact) mass is 250 g/mol. The molecule has 0 saturated carbocycles. The van der Waals surface area contributed by atoms with Crippen LogP contribution in [0.3, 0.4) is 0 Å². The maximum atomic E-state index is 11.1. The van der Waals surface area contributed by atoms with Gasteiger partial charge in [0.1, 0.15) is 0 Å². The highest BCUT2D eigenvalue weighted by atomic mass is 35.5. The van der Waals surface area contributed by atoms with E-state index in [0.717, 1.165) is 12.0 Å². The van der Waals surface area contributed by atoms with E-state index in [1.54, 1.807) is 6.07 Å². The zero-order chi connectivity index (χ0) is 12.7. The van der Waals surface area contributed by atoms with Crippen LogP contribution in [0.2, 0.25) is 5.02 Å². The molecular weight excluding hydrogens is 236 g/mol. The number of terminal acetylenes is 1. The molecule has 0 aliphatic carbocycles. The molecule has 1 atom stereocenters. The minimum absolute atomic E-state index is 0.414. The molecule has 90 valence electrons. The quantitative estimate of drug-likeness (QED) is 0.621. The van der Waals surface area contributed by atoms with Crippen molar-refractivity contribution in [2.24, 2.45) is 5.92 Å². The highest BCUT2D eigenvalue weighted by molar-refractivity contribution is 6.31. The van der Waals surface area contributed by atoms with Crippen LogP contribution in [0.25, 0.3) is 0 Å². The second-order valence-electron chi connectivity index (χ2n) is 3.93. The number of aliphatic carboxylic acids is 1. The van der Waals surface area contributed by atoms with Crippen molar-refractivity contribution in [3.05, 3.63) is 34.9 Å². The number of hydrogen-bond donors (Lipinski definition) is 1. The van der Waals surface area contributed by atoms with E-state index in [9.17, 15) is 4.79 Å². The molecule has 0 fully saturated rings. The normalized spacial score (nSPS) is 11.8. The molecule has 0 aromatic heterocycles. The van der Waals surface area contributed by atoms with Gasteiger partial charge in [-0.1, -0.05) is 29.8 Å². The second kappa shape index (κ2) is 6.98. The molecule has 17 heavy (non-hydrogen) atoms. The average Bonchev–Trinajstić information content (AvgIpc) is 2.30. The summed E-state index contributed by atoms with van der Waals surface area (Å²) >= 11 is 6.01. The predicted molar refractivity (Wildman–Crippen MR) is 69.0 cm³/mol. The van der Waals surface area contributed by atoms with Gasteiger partial charge in [0, 0.05) is 11.4 Å². The minimum Gasteiger partial charge on any atom is -0.481 e. The standard InChI is InChI=1S/C14H15ClO2/c1-2-3-4-8-12(14(16)17)10-11-7-5-6-9-13(11)15/h1,5-7,9,12H,3-4,8,10H2,(H,16,17). The Kier molecular flexibility index (Phi) is 5.59. The molecule has 0 radical (unpaired) electrons. The Labute approximate surface area is 107 Å². The molecule has 0 saturated heterocycles. The van der Waals surface area contributed by atoms with E-state index in [0.29, 0.717) is 24.3 Å². The number of hydrogen-bond acceptors (Lipinski definition) is 1. The highest BCUT2D eigenvalue weighted by Crippen LogP contribution is 2.21. The molecule has 3 heteroatoms. The fourth-order valence-corrected chi connectivity index (χ4v) is 1.91. The first-order chi connectivity index (χ1) is 8.15. The van der Waals surface area contributed by atoms with E-state index in [2.05, 4.69) is 5.92 Å². The fraction of sp³-hybridized carbons (Fsp3) is 0.357. The summed E-state index contributed by atoms with van der Waals surface area (Å²) in [5, 5.41) is 9.75. The summed E-state index contributed by atoms with van der Waals surface area (Å²) in [6.45, 7) is 0. The van der Waals surface area contributed by atoms with Crippen molar-refractivity contribution in [1.82, 2.24) is 0 Å². The van der Waals surface area contributed by atoms with Crippen molar-refractivity contribution < 1.29 is 9.90 Å². The lowest BCUT2D eigenvalue weighted by atomic mass is 9.94. The Hall–Kier alpha value is -1.46. The Bertz CT molecular complexity index is 420. The van der Waals surface area contributed by atoms with Crippen LogP contribution in [0, 0.1) is 18.3 Å². The lowest BCUT2D eigenvalue weighted by Crippen LogP contribution is -2.16. The number of benzene rings is 1. The van der Waals surface area contributed by atoms with E-state index < -0.39 is 11.9 Å². The number of unbranched alkanes of at least 4 members (excludes halogenated alkanes) is 1. The first kappa shape index (κ1) is 13.6. The maximum absolute atomic E-state index is 11.1. The third kappa shape index (κ3) is 4.50. The number of carboxylic acids is 1. The lowest BCUT2D eigenvalue weighted by Gasteiger charge is -2.12. The zero-order valence-electron chi connectivity index (χ0n) is 9.53. The van der Waals surface area contributed by atoms with Crippen LogP contribution in [-0.4, -0.2) is 11.1 Å². The summed E-state index contributed by atoms with van der Waals surface area (Å²) in [7, 11) is 0.